The Morgan fingerprint density at radius 3 is 2.58 bits per heavy atom. The Morgan fingerprint density at radius 2 is 1.96 bits per heavy atom. The van der Waals surface area contributed by atoms with E-state index in [0.717, 1.165) is 37.2 Å². The predicted octanol–water partition coefficient (Wildman–Crippen LogP) is 3.64. The van der Waals surface area contributed by atoms with Crippen LogP contribution in [0.3, 0.4) is 0 Å². The van der Waals surface area contributed by atoms with Crippen molar-refractivity contribution in [2.75, 3.05) is 33.7 Å². The number of carbonyl (C=O) groups is 1. The maximum absolute atomic E-state index is 12.8. The van der Waals surface area contributed by atoms with E-state index in [4.69, 9.17) is 5.26 Å². The van der Waals surface area contributed by atoms with Crippen molar-refractivity contribution in [3.63, 3.8) is 0 Å². The summed E-state index contributed by atoms with van der Waals surface area (Å²) in [7, 11) is 4.02. The third-order valence-corrected chi connectivity index (χ3v) is 5.17. The summed E-state index contributed by atoms with van der Waals surface area (Å²) < 4.78 is 0. The van der Waals surface area contributed by atoms with Crippen LogP contribution in [0.1, 0.15) is 29.3 Å². The standard InChI is InChI=1S/C22H25N3O/c1-22(11-12-24(2)15-22)16-25(3)21(26)19-9-7-18(8-10-19)20-6-4-5-17(13-20)14-23/h4-10,13H,11-12,15-16H2,1-3H3/t22-/m0/s1. The van der Waals surface area contributed by atoms with Gasteiger partial charge < -0.3 is 9.80 Å². The predicted molar refractivity (Wildman–Crippen MR) is 104 cm³/mol. The minimum Gasteiger partial charge on any atom is -0.341 e. The molecule has 0 spiro atoms. The van der Waals surface area contributed by atoms with Crippen molar-refractivity contribution >= 4 is 5.91 Å². The van der Waals surface area contributed by atoms with Gasteiger partial charge in [-0.1, -0.05) is 31.2 Å². The summed E-state index contributed by atoms with van der Waals surface area (Å²) in [4.78, 5) is 16.9. The second kappa shape index (κ2) is 7.31. The summed E-state index contributed by atoms with van der Waals surface area (Å²) >= 11 is 0. The lowest BCUT2D eigenvalue weighted by Gasteiger charge is -2.30. The monoisotopic (exact) mass is 347 g/mol. The summed E-state index contributed by atoms with van der Waals surface area (Å²) in [5, 5.41) is 9.04. The van der Waals surface area contributed by atoms with E-state index in [1.54, 1.807) is 6.07 Å². The number of hydrogen-bond donors (Lipinski definition) is 0. The molecule has 2 aromatic carbocycles. The van der Waals surface area contributed by atoms with Gasteiger partial charge in [-0.15, -0.1) is 0 Å². The normalized spacial score (nSPS) is 19.9. The summed E-state index contributed by atoms with van der Waals surface area (Å²) in [5.74, 6) is 0.0538. The number of carbonyl (C=O) groups excluding carboxylic acids is 1. The molecular formula is C22H25N3O. The molecule has 4 heteroatoms. The van der Waals surface area contributed by atoms with E-state index >= 15 is 0 Å². The first-order valence-electron chi connectivity index (χ1n) is 8.95. The average Bonchev–Trinajstić information content (AvgIpc) is 2.99. The molecule has 0 bridgehead atoms. The molecule has 26 heavy (non-hydrogen) atoms. The molecule has 0 aromatic heterocycles. The van der Waals surface area contributed by atoms with Crippen LogP contribution in [0.4, 0.5) is 0 Å². The number of likely N-dealkylation sites (tertiary alicyclic amines) is 1. The molecule has 1 atom stereocenters. The number of nitrogens with zero attached hydrogens (tertiary/aromatic N) is 3. The molecule has 0 aliphatic carbocycles. The molecule has 134 valence electrons. The molecule has 0 N–H and O–H groups in total. The molecule has 1 amide bonds. The molecule has 1 aliphatic heterocycles. The van der Waals surface area contributed by atoms with Crippen LogP contribution in [0.25, 0.3) is 11.1 Å². The molecule has 0 radical (unpaired) electrons. The van der Waals surface area contributed by atoms with E-state index in [1.165, 1.54) is 0 Å². The number of nitriles is 1. The van der Waals surface area contributed by atoms with Crippen molar-refractivity contribution in [2.24, 2.45) is 5.41 Å². The fourth-order valence-corrected chi connectivity index (χ4v) is 3.84. The fraction of sp³-hybridized carbons (Fsp3) is 0.364. The highest BCUT2D eigenvalue weighted by atomic mass is 16.2. The highest BCUT2D eigenvalue weighted by molar-refractivity contribution is 5.94. The molecule has 0 unspecified atom stereocenters. The Labute approximate surface area is 155 Å². The summed E-state index contributed by atoms with van der Waals surface area (Å²) in [6.45, 7) is 5.14. The highest BCUT2D eigenvalue weighted by Crippen LogP contribution is 2.30. The molecule has 1 fully saturated rings. The first kappa shape index (κ1) is 18.2. The topological polar surface area (TPSA) is 47.3 Å². The lowest BCUT2D eigenvalue weighted by Crippen LogP contribution is -2.38. The van der Waals surface area contributed by atoms with E-state index in [-0.39, 0.29) is 11.3 Å². The van der Waals surface area contributed by atoms with Crippen molar-refractivity contribution in [3.05, 3.63) is 59.7 Å². The van der Waals surface area contributed by atoms with Crippen LogP contribution in [0.2, 0.25) is 0 Å². The van der Waals surface area contributed by atoms with E-state index in [2.05, 4.69) is 24.9 Å². The number of amides is 1. The van der Waals surface area contributed by atoms with Gasteiger partial charge >= 0.3 is 0 Å². The maximum Gasteiger partial charge on any atom is 0.253 e. The van der Waals surface area contributed by atoms with Gasteiger partial charge in [-0.2, -0.15) is 5.26 Å². The Balaban J connectivity index is 1.71. The summed E-state index contributed by atoms with van der Waals surface area (Å²) in [5.41, 5.74) is 3.49. The third-order valence-electron chi connectivity index (χ3n) is 5.17. The molecule has 0 saturated carbocycles. The van der Waals surface area contributed by atoms with Crippen molar-refractivity contribution in [3.8, 4) is 17.2 Å². The zero-order valence-corrected chi connectivity index (χ0v) is 15.7. The number of benzene rings is 2. The van der Waals surface area contributed by atoms with Crippen LogP contribution in [-0.4, -0.2) is 49.4 Å². The zero-order valence-electron chi connectivity index (χ0n) is 15.7. The van der Waals surface area contributed by atoms with Gasteiger partial charge in [0.15, 0.2) is 0 Å². The minimum absolute atomic E-state index is 0.0538. The first-order valence-corrected chi connectivity index (χ1v) is 8.95. The van der Waals surface area contributed by atoms with Gasteiger partial charge in [-0.3, -0.25) is 4.79 Å². The Morgan fingerprint density at radius 1 is 1.23 bits per heavy atom. The highest BCUT2D eigenvalue weighted by Gasteiger charge is 2.34. The SMILES string of the molecule is CN1CC[C@](C)(CN(C)C(=O)c2ccc(-c3cccc(C#N)c3)cc2)C1. The molecule has 3 rings (SSSR count). The van der Waals surface area contributed by atoms with Crippen molar-refractivity contribution < 1.29 is 4.79 Å². The number of rotatable bonds is 4. The van der Waals surface area contributed by atoms with Crippen LogP contribution >= 0.6 is 0 Å². The van der Waals surface area contributed by atoms with Gasteiger partial charge in [0.25, 0.3) is 5.91 Å². The van der Waals surface area contributed by atoms with Crippen molar-refractivity contribution in [1.82, 2.24) is 9.80 Å². The average molecular weight is 347 g/mol. The van der Waals surface area contributed by atoms with Gasteiger partial charge in [0.05, 0.1) is 11.6 Å². The summed E-state index contributed by atoms with van der Waals surface area (Å²) in [6.07, 6.45) is 1.12. The first-order chi connectivity index (χ1) is 12.4. The smallest absolute Gasteiger partial charge is 0.253 e. The third kappa shape index (κ3) is 3.95. The van der Waals surface area contributed by atoms with Crippen LogP contribution in [0.15, 0.2) is 48.5 Å². The van der Waals surface area contributed by atoms with E-state index in [9.17, 15) is 4.79 Å². The lowest BCUT2D eigenvalue weighted by atomic mass is 9.89. The Kier molecular flexibility index (Phi) is 5.11. The number of hydrogen-bond acceptors (Lipinski definition) is 3. The largest absolute Gasteiger partial charge is 0.341 e. The van der Waals surface area contributed by atoms with Gasteiger partial charge in [0.2, 0.25) is 0 Å². The van der Waals surface area contributed by atoms with E-state index in [1.807, 2.05) is 54.4 Å². The second-order valence-corrected chi connectivity index (χ2v) is 7.73. The fourth-order valence-electron chi connectivity index (χ4n) is 3.84. The van der Waals surface area contributed by atoms with Gasteiger partial charge in [0.1, 0.15) is 0 Å². The van der Waals surface area contributed by atoms with Gasteiger partial charge in [0, 0.05) is 25.7 Å². The van der Waals surface area contributed by atoms with Gasteiger partial charge in [-0.05, 0) is 60.8 Å². The maximum atomic E-state index is 12.8. The molecule has 2 aromatic rings. The molecule has 1 saturated heterocycles. The van der Waals surface area contributed by atoms with Crippen LogP contribution < -0.4 is 0 Å². The quantitative estimate of drug-likeness (QED) is 0.848. The van der Waals surface area contributed by atoms with Crippen LogP contribution in [0.5, 0.6) is 0 Å². The minimum atomic E-state index is 0.0538. The van der Waals surface area contributed by atoms with Crippen molar-refractivity contribution in [2.45, 2.75) is 13.3 Å². The van der Waals surface area contributed by atoms with Crippen LogP contribution in [0, 0.1) is 16.7 Å². The second-order valence-electron chi connectivity index (χ2n) is 7.73. The molecular weight excluding hydrogens is 322 g/mol. The molecule has 1 heterocycles. The molecule has 1 aliphatic rings. The van der Waals surface area contributed by atoms with Crippen LogP contribution in [-0.2, 0) is 0 Å². The zero-order chi connectivity index (χ0) is 18.7. The van der Waals surface area contributed by atoms with Gasteiger partial charge in [-0.25, -0.2) is 0 Å². The van der Waals surface area contributed by atoms with E-state index in [0.29, 0.717) is 11.1 Å². The summed E-state index contributed by atoms with van der Waals surface area (Å²) in [6, 6.07) is 17.3. The molecule has 4 nitrogen and oxygen atoms in total. The van der Waals surface area contributed by atoms with E-state index < -0.39 is 0 Å². The lowest BCUT2D eigenvalue weighted by molar-refractivity contribution is 0.0730. The Hall–Kier alpha value is -2.64. The van der Waals surface area contributed by atoms with Crippen molar-refractivity contribution in [1.29, 1.82) is 5.26 Å². The Bertz CT molecular complexity index is 837.